The summed E-state index contributed by atoms with van der Waals surface area (Å²) in [4.78, 5) is 10.0. The van der Waals surface area contributed by atoms with Gasteiger partial charge in [0.2, 0.25) is 0 Å². The molecule has 0 heterocycles. The topological polar surface area (TPSA) is 37.3 Å². The van der Waals surface area contributed by atoms with Crippen LogP contribution in [-0.2, 0) is 4.57 Å². The first-order valence-electron chi connectivity index (χ1n) is 4.65. The third-order valence-corrected chi connectivity index (χ3v) is 4.21. The molecule has 0 saturated carbocycles. The molecule has 1 N–H and O–H groups in total. The molecule has 78 valence electrons. The second kappa shape index (κ2) is 5.64. The molecule has 2 nitrogen and oxygen atoms in total. The second-order valence-electron chi connectivity index (χ2n) is 3.25. The molecular formula is C12H11MgO2P. The summed E-state index contributed by atoms with van der Waals surface area (Å²) in [5, 5.41) is 0.937. The summed E-state index contributed by atoms with van der Waals surface area (Å²) in [7, 11) is -3.40. The maximum absolute atomic E-state index is 12.2. The molecule has 0 fully saturated rings. The Morgan fingerprint density at radius 2 is 1.06 bits per heavy atom. The summed E-state index contributed by atoms with van der Waals surface area (Å²) in [6.45, 7) is 0. The van der Waals surface area contributed by atoms with Crippen LogP contribution in [0.25, 0.3) is 0 Å². The Balaban J connectivity index is 0.00000128. The van der Waals surface area contributed by atoms with Crippen molar-refractivity contribution >= 4 is 41.0 Å². The number of hydrogen-bond acceptors (Lipinski definition) is 1. The number of benzene rings is 2. The lowest BCUT2D eigenvalue weighted by atomic mass is 10.4. The van der Waals surface area contributed by atoms with Crippen molar-refractivity contribution in [2.24, 2.45) is 0 Å². The quantitative estimate of drug-likeness (QED) is 0.640. The first-order valence-corrected chi connectivity index (χ1v) is 6.31. The minimum absolute atomic E-state index is 0. The monoisotopic (exact) mass is 242 g/mol. The normalized spacial score (nSPS) is 10.6. The van der Waals surface area contributed by atoms with Gasteiger partial charge in [-0.15, -0.1) is 0 Å². The maximum Gasteiger partial charge on any atom is 0.258 e. The highest BCUT2D eigenvalue weighted by molar-refractivity contribution is 7.73. The van der Waals surface area contributed by atoms with Gasteiger partial charge >= 0.3 is 0 Å². The van der Waals surface area contributed by atoms with E-state index < -0.39 is 7.37 Å². The maximum atomic E-state index is 12.2. The third kappa shape index (κ3) is 2.74. The van der Waals surface area contributed by atoms with Gasteiger partial charge in [-0.25, -0.2) is 0 Å². The van der Waals surface area contributed by atoms with Crippen LogP contribution in [0.15, 0.2) is 60.7 Å². The van der Waals surface area contributed by atoms with Crippen molar-refractivity contribution < 1.29 is 9.46 Å². The van der Waals surface area contributed by atoms with Crippen LogP contribution in [0.3, 0.4) is 0 Å². The fraction of sp³-hybridized carbons (Fsp3) is 0. The Kier molecular flexibility index (Phi) is 4.75. The zero-order valence-electron chi connectivity index (χ0n) is 8.78. The van der Waals surface area contributed by atoms with Crippen molar-refractivity contribution in [3.8, 4) is 0 Å². The lowest BCUT2D eigenvalue weighted by Crippen LogP contribution is -2.14. The SMILES string of the molecule is O=P(O)(c1ccccc1)c1ccccc1.[Mg]. The van der Waals surface area contributed by atoms with E-state index in [1.807, 2.05) is 12.1 Å². The van der Waals surface area contributed by atoms with Crippen molar-refractivity contribution in [3.63, 3.8) is 0 Å². The van der Waals surface area contributed by atoms with Crippen LogP contribution in [-0.4, -0.2) is 27.9 Å². The van der Waals surface area contributed by atoms with Crippen molar-refractivity contribution in [1.82, 2.24) is 0 Å². The van der Waals surface area contributed by atoms with Gasteiger partial charge in [-0.1, -0.05) is 36.4 Å². The summed E-state index contributed by atoms with van der Waals surface area (Å²) >= 11 is 0. The molecule has 2 aromatic carbocycles. The molecule has 0 aliphatic heterocycles. The molecule has 0 atom stereocenters. The molecule has 4 heteroatoms. The van der Waals surface area contributed by atoms with E-state index in [0.29, 0.717) is 10.6 Å². The molecular weight excluding hydrogens is 231 g/mol. The van der Waals surface area contributed by atoms with Gasteiger partial charge in [0.05, 0.1) is 0 Å². The van der Waals surface area contributed by atoms with Crippen LogP contribution in [0.2, 0.25) is 0 Å². The van der Waals surface area contributed by atoms with Crippen LogP contribution in [0.5, 0.6) is 0 Å². The Labute approximate surface area is 111 Å². The highest BCUT2D eigenvalue weighted by Gasteiger charge is 2.22. The average Bonchev–Trinajstić information content (AvgIpc) is 2.31. The van der Waals surface area contributed by atoms with E-state index in [1.165, 1.54) is 0 Å². The van der Waals surface area contributed by atoms with Crippen molar-refractivity contribution in [2.45, 2.75) is 0 Å². The molecule has 0 aliphatic carbocycles. The van der Waals surface area contributed by atoms with Crippen molar-refractivity contribution in [2.75, 3.05) is 0 Å². The number of hydrogen-bond donors (Lipinski definition) is 1. The van der Waals surface area contributed by atoms with Gasteiger partial charge in [-0.3, -0.25) is 4.57 Å². The minimum Gasteiger partial charge on any atom is -0.338 e. The Bertz CT molecular complexity index is 441. The van der Waals surface area contributed by atoms with Gasteiger partial charge in [0, 0.05) is 33.7 Å². The fourth-order valence-corrected chi connectivity index (χ4v) is 2.86. The largest absolute Gasteiger partial charge is 0.338 e. The van der Waals surface area contributed by atoms with E-state index in [-0.39, 0.29) is 23.1 Å². The number of rotatable bonds is 2. The van der Waals surface area contributed by atoms with E-state index in [0.717, 1.165) is 0 Å². The highest BCUT2D eigenvalue weighted by Crippen LogP contribution is 2.37. The van der Waals surface area contributed by atoms with Crippen molar-refractivity contribution in [1.29, 1.82) is 0 Å². The van der Waals surface area contributed by atoms with Crippen LogP contribution in [0.1, 0.15) is 0 Å². The first-order chi connectivity index (χ1) is 7.21. The zero-order valence-corrected chi connectivity index (χ0v) is 11.1. The average molecular weight is 242 g/mol. The molecule has 0 spiro atoms. The van der Waals surface area contributed by atoms with Gasteiger partial charge < -0.3 is 4.89 Å². The van der Waals surface area contributed by atoms with E-state index in [1.54, 1.807) is 48.5 Å². The lowest BCUT2D eigenvalue weighted by Gasteiger charge is -2.11. The summed E-state index contributed by atoms with van der Waals surface area (Å²) in [5.41, 5.74) is 0. The van der Waals surface area contributed by atoms with E-state index in [2.05, 4.69) is 0 Å². The molecule has 0 saturated heterocycles. The van der Waals surface area contributed by atoms with E-state index >= 15 is 0 Å². The second-order valence-corrected chi connectivity index (χ2v) is 5.43. The third-order valence-electron chi connectivity index (χ3n) is 2.21. The summed E-state index contributed by atoms with van der Waals surface area (Å²) in [6, 6.07) is 17.4. The smallest absolute Gasteiger partial charge is 0.258 e. The standard InChI is InChI=1S/C12H11O2P.Mg/c13-15(14,11-7-3-1-4-8-11)12-9-5-2-6-10-12;/h1-10H,(H,13,14);. The van der Waals surface area contributed by atoms with Crippen molar-refractivity contribution in [3.05, 3.63) is 60.7 Å². The molecule has 0 bridgehead atoms. The Morgan fingerprint density at radius 3 is 1.38 bits per heavy atom. The Morgan fingerprint density at radius 1 is 0.750 bits per heavy atom. The predicted molar refractivity (Wildman–Crippen MR) is 67.7 cm³/mol. The molecule has 0 aromatic heterocycles. The van der Waals surface area contributed by atoms with Crippen LogP contribution in [0, 0.1) is 0 Å². The first kappa shape index (κ1) is 13.5. The van der Waals surface area contributed by atoms with Gasteiger partial charge in [0.1, 0.15) is 0 Å². The summed E-state index contributed by atoms with van der Waals surface area (Å²) < 4.78 is 12.2. The van der Waals surface area contributed by atoms with Crippen LogP contribution >= 0.6 is 7.37 Å². The molecule has 2 radical (unpaired) electrons. The van der Waals surface area contributed by atoms with Crippen LogP contribution < -0.4 is 10.6 Å². The molecule has 2 rings (SSSR count). The molecule has 16 heavy (non-hydrogen) atoms. The van der Waals surface area contributed by atoms with Crippen LogP contribution in [0.4, 0.5) is 0 Å². The van der Waals surface area contributed by atoms with E-state index in [4.69, 9.17) is 0 Å². The summed E-state index contributed by atoms with van der Waals surface area (Å²) in [6.07, 6.45) is 0. The molecule has 0 aliphatic rings. The zero-order chi connectivity index (χ0) is 10.7. The van der Waals surface area contributed by atoms with Gasteiger partial charge in [0.25, 0.3) is 7.37 Å². The van der Waals surface area contributed by atoms with Gasteiger partial charge in [-0.2, -0.15) is 0 Å². The molecule has 0 unspecified atom stereocenters. The molecule has 2 aromatic rings. The highest BCUT2D eigenvalue weighted by atomic mass is 31.2. The Hall–Kier alpha value is -0.604. The summed E-state index contributed by atoms with van der Waals surface area (Å²) in [5.74, 6) is 0. The predicted octanol–water partition coefficient (Wildman–Crippen LogP) is 1.53. The minimum atomic E-state index is -3.40. The lowest BCUT2D eigenvalue weighted by molar-refractivity contribution is 0.501. The fourth-order valence-electron chi connectivity index (χ4n) is 1.41. The van der Waals surface area contributed by atoms with Gasteiger partial charge in [-0.05, 0) is 24.3 Å². The van der Waals surface area contributed by atoms with Gasteiger partial charge in [0.15, 0.2) is 0 Å². The molecule has 0 amide bonds. The van der Waals surface area contributed by atoms with E-state index in [9.17, 15) is 9.46 Å².